The SMILES string of the molecule is C[SiH](C)C1CCC(C([NH-])=O)(C2=CC=CC2)C(C)(C)C1(C)C.[Cl-].[Cl-].[Ti+3]. The van der Waals surface area contributed by atoms with Crippen molar-refractivity contribution in [1.29, 1.82) is 0 Å². The van der Waals surface area contributed by atoms with Crippen LogP contribution in [0.5, 0.6) is 0 Å². The molecule has 0 bridgehead atoms. The standard InChI is InChI=1S/C18H31NOSi.2ClH.Ti/c1-16(2)14(21(5)6)11-12-18(15(19)20,17(16,3)4)13-9-7-8-10-13;;;/h7-9,14,21H,10-12H2,1-6H3,(H2,19,20);2*1H;/q;;;+3/p-3. The summed E-state index contributed by atoms with van der Waals surface area (Å²) >= 11 is 0. The van der Waals surface area contributed by atoms with Gasteiger partial charge < -0.3 is 35.3 Å². The Morgan fingerprint density at radius 3 is 2.12 bits per heavy atom. The summed E-state index contributed by atoms with van der Waals surface area (Å²) in [5, 5.41) is 0. The Morgan fingerprint density at radius 1 is 1.21 bits per heavy atom. The molecule has 0 heterocycles. The van der Waals surface area contributed by atoms with Crippen LogP contribution in [0.15, 0.2) is 23.8 Å². The molecule has 0 saturated heterocycles. The molecule has 2 rings (SSSR count). The molecule has 0 aromatic carbocycles. The van der Waals surface area contributed by atoms with Gasteiger partial charge in [0.1, 0.15) is 0 Å². The van der Waals surface area contributed by atoms with E-state index in [9.17, 15) is 4.79 Å². The van der Waals surface area contributed by atoms with Crippen LogP contribution in [0.1, 0.15) is 47.0 Å². The predicted octanol–water partition coefficient (Wildman–Crippen LogP) is -0.853. The number of amides is 1. The van der Waals surface area contributed by atoms with Crippen LogP contribution in [-0.4, -0.2) is 14.7 Å². The predicted molar refractivity (Wildman–Crippen MR) is 93.0 cm³/mol. The van der Waals surface area contributed by atoms with E-state index in [1.807, 2.05) is 6.08 Å². The van der Waals surface area contributed by atoms with Crippen LogP contribution in [0.2, 0.25) is 18.6 Å². The fraction of sp³-hybridized carbons (Fsp3) is 0.722. The van der Waals surface area contributed by atoms with Gasteiger partial charge in [-0.25, -0.2) is 0 Å². The number of halogens is 2. The van der Waals surface area contributed by atoms with Crippen LogP contribution in [0.25, 0.3) is 5.73 Å². The first-order valence-corrected chi connectivity index (χ1v) is 11.2. The van der Waals surface area contributed by atoms with E-state index in [2.05, 4.69) is 52.9 Å². The minimum atomic E-state index is -0.789. The van der Waals surface area contributed by atoms with Gasteiger partial charge in [-0.1, -0.05) is 71.0 Å². The number of carbonyl (C=O) groups excluding carboxylic acids is 1. The Kier molecular flexibility index (Phi) is 9.90. The Labute approximate surface area is 176 Å². The molecule has 0 aliphatic heterocycles. The Bertz CT molecular complexity index is 517. The molecule has 1 fully saturated rings. The number of hydrogen-bond acceptors (Lipinski definition) is 1. The normalized spacial score (nSPS) is 29.8. The third-order valence-electron chi connectivity index (χ3n) is 6.95. The zero-order valence-corrected chi connectivity index (χ0v) is 19.9. The van der Waals surface area contributed by atoms with Crippen LogP contribution >= 0.6 is 0 Å². The van der Waals surface area contributed by atoms with Gasteiger partial charge in [0.15, 0.2) is 0 Å². The van der Waals surface area contributed by atoms with Crippen molar-refractivity contribution in [2.45, 2.75) is 65.6 Å². The van der Waals surface area contributed by atoms with Gasteiger partial charge in [0.25, 0.3) is 0 Å². The van der Waals surface area contributed by atoms with Crippen LogP contribution < -0.4 is 24.8 Å². The van der Waals surface area contributed by atoms with Gasteiger partial charge in [-0.15, -0.1) is 0 Å². The van der Waals surface area contributed by atoms with Gasteiger partial charge in [-0.3, -0.25) is 0 Å². The van der Waals surface area contributed by atoms with Gasteiger partial charge in [0.2, 0.25) is 0 Å². The van der Waals surface area contributed by atoms with Crippen molar-refractivity contribution in [2.24, 2.45) is 16.2 Å². The Balaban J connectivity index is 0. The monoisotopic (exact) mass is 422 g/mol. The first kappa shape index (κ1) is 26.7. The molecule has 6 heteroatoms. The molecule has 1 amide bonds. The van der Waals surface area contributed by atoms with E-state index < -0.39 is 14.2 Å². The number of rotatable bonds is 3. The van der Waals surface area contributed by atoms with Crippen molar-refractivity contribution in [1.82, 2.24) is 0 Å². The molecule has 1 saturated carbocycles. The second kappa shape index (κ2) is 8.90. The second-order valence-corrected chi connectivity index (χ2v) is 11.6. The molecule has 135 valence electrons. The molecule has 2 aliphatic rings. The fourth-order valence-electron chi connectivity index (χ4n) is 5.09. The van der Waals surface area contributed by atoms with E-state index in [4.69, 9.17) is 5.73 Å². The van der Waals surface area contributed by atoms with E-state index in [1.54, 1.807) is 0 Å². The van der Waals surface area contributed by atoms with Gasteiger partial charge in [-0.05, 0) is 29.2 Å². The zero-order chi connectivity index (χ0) is 16.1. The first-order chi connectivity index (χ1) is 9.59. The first-order valence-electron chi connectivity index (χ1n) is 8.21. The van der Waals surface area contributed by atoms with Crippen LogP contribution in [0, 0.1) is 16.2 Å². The summed E-state index contributed by atoms with van der Waals surface area (Å²) in [4.78, 5) is 12.5. The van der Waals surface area contributed by atoms with Gasteiger partial charge in [0, 0.05) is 14.2 Å². The molecule has 0 aromatic heterocycles. The van der Waals surface area contributed by atoms with E-state index in [0.717, 1.165) is 24.8 Å². The maximum absolute atomic E-state index is 12.5. The summed E-state index contributed by atoms with van der Waals surface area (Å²) < 4.78 is 0. The molecule has 2 nitrogen and oxygen atoms in total. The van der Waals surface area contributed by atoms with Crippen LogP contribution in [0.4, 0.5) is 0 Å². The van der Waals surface area contributed by atoms with E-state index in [0.29, 0.717) is 0 Å². The summed E-state index contributed by atoms with van der Waals surface area (Å²) in [6, 6.07) is 0. The average Bonchev–Trinajstić information content (AvgIpc) is 2.85. The molecular formula is C18H30Cl2NOSiTi. The summed E-state index contributed by atoms with van der Waals surface area (Å²) in [6.07, 6.45) is 9.06. The summed E-state index contributed by atoms with van der Waals surface area (Å²) in [7, 11) is -0.789. The third-order valence-corrected chi connectivity index (χ3v) is 9.72. The summed E-state index contributed by atoms with van der Waals surface area (Å²) in [5.41, 5.74) is 9.30. The topological polar surface area (TPSA) is 40.9 Å². The molecular weight excluding hydrogens is 393 g/mol. The number of allylic oxidation sites excluding steroid dienone is 3. The fourth-order valence-corrected chi connectivity index (χ4v) is 8.01. The molecule has 24 heavy (non-hydrogen) atoms. The van der Waals surface area contributed by atoms with Crippen LogP contribution in [0.3, 0.4) is 0 Å². The molecule has 2 atom stereocenters. The molecule has 0 spiro atoms. The molecule has 2 unspecified atom stereocenters. The molecule has 0 aromatic rings. The zero-order valence-electron chi connectivity index (χ0n) is 15.7. The number of carbonyl (C=O) groups is 1. The van der Waals surface area contributed by atoms with Crippen molar-refractivity contribution in [3.8, 4) is 0 Å². The number of hydrogen-bond donors (Lipinski definition) is 0. The average molecular weight is 423 g/mol. The molecule has 2 aliphatic carbocycles. The van der Waals surface area contributed by atoms with Gasteiger partial charge in [0.05, 0.1) is 5.91 Å². The molecule has 1 radical (unpaired) electrons. The Hall–Kier alpha value is 0.461. The van der Waals surface area contributed by atoms with E-state index in [-0.39, 0.29) is 63.3 Å². The number of nitrogens with one attached hydrogen (secondary N) is 1. The van der Waals surface area contributed by atoms with Gasteiger partial charge >= 0.3 is 21.7 Å². The van der Waals surface area contributed by atoms with Gasteiger partial charge in [-0.2, -0.15) is 0 Å². The minimum absolute atomic E-state index is 0. The Morgan fingerprint density at radius 2 is 1.75 bits per heavy atom. The minimum Gasteiger partial charge on any atom is -1.00 e. The smallest absolute Gasteiger partial charge is 1.00 e. The quantitative estimate of drug-likeness (QED) is 0.546. The second-order valence-electron chi connectivity index (χ2n) is 8.29. The van der Waals surface area contributed by atoms with Crippen molar-refractivity contribution < 1.29 is 51.3 Å². The van der Waals surface area contributed by atoms with Crippen molar-refractivity contribution >= 4 is 14.7 Å². The third kappa shape index (κ3) is 3.62. The van der Waals surface area contributed by atoms with Crippen molar-refractivity contribution in [3.63, 3.8) is 0 Å². The van der Waals surface area contributed by atoms with Crippen LogP contribution in [-0.2, 0) is 26.5 Å². The summed E-state index contributed by atoms with van der Waals surface area (Å²) in [6.45, 7) is 14.0. The summed E-state index contributed by atoms with van der Waals surface area (Å²) in [5.74, 6) is -0.376. The molecule has 1 N–H and O–H groups in total. The van der Waals surface area contributed by atoms with Crippen molar-refractivity contribution in [2.75, 3.05) is 0 Å². The maximum atomic E-state index is 12.5. The van der Waals surface area contributed by atoms with E-state index in [1.165, 1.54) is 5.57 Å². The largest absolute Gasteiger partial charge is 3.00 e. The van der Waals surface area contributed by atoms with E-state index >= 15 is 0 Å². The maximum Gasteiger partial charge on any atom is 3.00 e. The van der Waals surface area contributed by atoms with Crippen molar-refractivity contribution in [3.05, 3.63) is 29.5 Å².